The summed E-state index contributed by atoms with van der Waals surface area (Å²) in [6.45, 7) is 1.99. The third kappa shape index (κ3) is 3.07. The normalized spacial score (nSPS) is 34.1. The Hall–Kier alpha value is -2.57. The van der Waals surface area contributed by atoms with Crippen LogP contribution < -0.4 is 4.74 Å². The molecule has 2 bridgehead atoms. The van der Waals surface area contributed by atoms with E-state index in [4.69, 9.17) is 4.74 Å². The first-order valence-electron chi connectivity index (χ1n) is 13.7. The molecule has 6 nitrogen and oxygen atoms in total. The number of likely N-dealkylation sites (tertiary alicyclic amines) is 1. The first-order chi connectivity index (χ1) is 17.4. The molecule has 2 aromatic carbocycles. The van der Waals surface area contributed by atoms with Gasteiger partial charge in [-0.25, -0.2) is 0 Å². The SMILES string of the molecule is CN(C(=O)CCc1ccccc1)[C@@H]1CC[C@@]2(O)[C@@H]3Cc4ccc(O)c5c4[C@@]2(CCN3CC2CC2)[C@H]1O5. The molecule has 1 amide bonds. The highest BCUT2D eigenvalue weighted by molar-refractivity contribution is 5.77. The number of phenolic OH excluding ortho intramolecular Hbond substituents is 1. The monoisotopic (exact) mass is 488 g/mol. The molecule has 5 atom stereocenters. The molecule has 6 heteroatoms. The molecule has 7 rings (SSSR count). The Morgan fingerprint density at radius 1 is 1.14 bits per heavy atom. The highest BCUT2D eigenvalue weighted by atomic mass is 16.5. The summed E-state index contributed by atoms with van der Waals surface area (Å²) in [6.07, 6.45) is 6.33. The number of carbonyl (C=O) groups excluding carboxylic acids is 1. The number of rotatable bonds is 6. The fourth-order valence-electron chi connectivity index (χ4n) is 8.11. The molecule has 3 aliphatic carbocycles. The minimum absolute atomic E-state index is 0.0565. The fraction of sp³-hybridized carbons (Fsp3) is 0.567. The predicted molar refractivity (Wildman–Crippen MR) is 136 cm³/mol. The summed E-state index contributed by atoms with van der Waals surface area (Å²) in [4.78, 5) is 17.8. The van der Waals surface area contributed by atoms with Crippen LogP contribution in [0.15, 0.2) is 42.5 Å². The van der Waals surface area contributed by atoms with Gasteiger partial charge in [-0.05, 0) is 74.6 Å². The average Bonchev–Trinajstić information content (AvgIpc) is 3.63. The van der Waals surface area contributed by atoms with Gasteiger partial charge in [-0.15, -0.1) is 0 Å². The second-order valence-electron chi connectivity index (χ2n) is 11.9. The van der Waals surface area contributed by atoms with E-state index in [1.807, 2.05) is 36.2 Å². The number of hydrogen-bond donors (Lipinski definition) is 2. The summed E-state index contributed by atoms with van der Waals surface area (Å²) >= 11 is 0. The highest BCUT2D eigenvalue weighted by Crippen LogP contribution is 2.66. The van der Waals surface area contributed by atoms with Crippen molar-refractivity contribution in [1.82, 2.24) is 9.80 Å². The quantitative estimate of drug-likeness (QED) is 0.652. The van der Waals surface area contributed by atoms with Crippen molar-refractivity contribution in [1.29, 1.82) is 0 Å². The van der Waals surface area contributed by atoms with Gasteiger partial charge in [0.25, 0.3) is 0 Å². The second-order valence-corrected chi connectivity index (χ2v) is 11.9. The van der Waals surface area contributed by atoms with Crippen LogP contribution in [-0.4, -0.2) is 69.8 Å². The molecular formula is C30H36N2O4. The van der Waals surface area contributed by atoms with Gasteiger partial charge in [0.05, 0.1) is 17.1 Å². The number of phenols is 1. The van der Waals surface area contributed by atoms with E-state index in [-0.39, 0.29) is 29.8 Å². The molecule has 2 aliphatic heterocycles. The van der Waals surface area contributed by atoms with Crippen molar-refractivity contribution < 1.29 is 19.7 Å². The van der Waals surface area contributed by atoms with Gasteiger partial charge in [0.15, 0.2) is 11.5 Å². The Balaban J connectivity index is 1.23. The van der Waals surface area contributed by atoms with E-state index in [0.717, 1.165) is 43.0 Å². The van der Waals surface area contributed by atoms with E-state index in [0.29, 0.717) is 31.4 Å². The molecule has 1 saturated heterocycles. The van der Waals surface area contributed by atoms with Gasteiger partial charge >= 0.3 is 0 Å². The maximum absolute atomic E-state index is 13.4. The standard InChI is InChI=1S/C30H36N2O4/c1-31(25(34)12-9-19-5-3-2-4-6-19)22-13-14-30(35)24-17-21-10-11-23(33)27-26(21)29(30,28(22)36-27)15-16-32(24)18-20-7-8-20/h2-6,10-11,20,22,24,28,33,35H,7-9,12-18H2,1H3/t22-,24+,28+,29+,30-/m1/s1. The minimum atomic E-state index is -0.915. The van der Waals surface area contributed by atoms with Crippen LogP contribution in [0.25, 0.3) is 0 Å². The lowest BCUT2D eigenvalue weighted by molar-refractivity contribution is -0.200. The van der Waals surface area contributed by atoms with E-state index in [9.17, 15) is 15.0 Å². The Kier molecular flexibility index (Phi) is 5.00. The third-order valence-electron chi connectivity index (χ3n) is 10.1. The summed E-state index contributed by atoms with van der Waals surface area (Å²) in [7, 11) is 1.90. The zero-order valence-electron chi connectivity index (χ0n) is 21.0. The van der Waals surface area contributed by atoms with Crippen LogP contribution in [0, 0.1) is 5.92 Å². The first-order valence-corrected chi connectivity index (χ1v) is 13.7. The van der Waals surface area contributed by atoms with Gasteiger partial charge < -0.3 is 19.8 Å². The molecule has 3 fully saturated rings. The van der Waals surface area contributed by atoms with Crippen LogP contribution in [0.2, 0.25) is 0 Å². The molecule has 0 unspecified atom stereocenters. The molecule has 2 heterocycles. The number of piperidine rings is 1. The van der Waals surface area contributed by atoms with Crippen LogP contribution in [0.5, 0.6) is 11.5 Å². The zero-order valence-corrected chi connectivity index (χ0v) is 21.0. The summed E-state index contributed by atoms with van der Waals surface area (Å²) < 4.78 is 6.63. The van der Waals surface area contributed by atoms with Crippen molar-refractivity contribution >= 4 is 5.91 Å². The van der Waals surface area contributed by atoms with Crippen molar-refractivity contribution in [3.05, 3.63) is 59.2 Å². The topological polar surface area (TPSA) is 73.2 Å². The van der Waals surface area contributed by atoms with Gasteiger partial charge in [-0.3, -0.25) is 9.69 Å². The van der Waals surface area contributed by atoms with E-state index in [2.05, 4.69) is 17.0 Å². The van der Waals surface area contributed by atoms with Crippen LogP contribution >= 0.6 is 0 Å². The van der Waals surface area contributed by atoms with Crippen LogP contribution in [0.4, 0.5) is 0 Å². The fourth-order valence-corrected chi connectivity index (χ4v) is 8.11. The number of aromatic hydroxyl groups is 1. The number of hydrogen-bond acceptors (Lipinski definition) is 5. The van der Waals surface area contributed by atoms with Gasteiger partial charge in [0, 0.05) is 31.6 Å². The number of aryl methyl sites for hydroxylation is 1. The molecule has 2 saturated carbocycles. The van der Waals surface area contributed by atoms with Crippen molar-refractivity contribution in [2.45, 2.75) is 80.6 Å². The lowest BCUT2D eigenvalue weighted by Crippen LogP contribution is -2.78. The number of amides is 1. The lowest BCUT2D eigenvalue weighted by atomic mass is 9.48. The summed E-state index contributed by atoms with van der Waals surface area (Å²) in [5.41, 5.74) is 1.87. The molecule has 2 N–H and O–H groups in total. The van der Waals surface area contributed by atoms with Crippen molar-refractivity contribution in [3.8, 4) is 11.5 Å². The number of aliphatic hydroxyl groups is 1. The van der Waals surface area contributed by atoms with Gasteiger partial charge in [-0.2, -0.15) is 0 Å². The van der Waals surface area contributed by atoms with Crippen molar-refractivity contribution in [3.63, 3.8) is 0 Å². The molecule has 0 aromatic heterocycles. The largest absolute Gasteiger partial charge is 0.504 e. The third-order valence-corrected chi connectivity index (χ3v) is 10.1. The summed E-state index contributed by atoms with van der Waals surface area (Å²) in [6, 6.07) is 13.8. The number of nitrogens with zero attached hydrogens (tertiary/aromatic N) is 2. The predicted octanol–water partition coefficient (Wildman–Crippen LogP) is 3.42. The highest BCUT2D eigenvalue weighted by Gasteiger charge is 2.73. The van der Waals surface area contributed by atoms with Crippen molar-refractivity contribution in [2.24, 2.45) is 5.92 Å². The Bertz CT molecular complexity index is 1200. The van der Waals surface area contributed by atoms with Crippen LogP contribution in [-0.2, 0) is 23.1 Å². The molecule has 1 spiro atoms. The molecule has 0 radical (unpaired) electrons. The number of carbonyl (C=O) groups is 1. The zero-order chi connectivity index (χ0) is 24.7. The van der Waals surface area contributed by atoms with Gasteiger partial charge in [0.1, 0.15) is 6.10 Å². The van der Waals surface area contributed by atoms with Crippen LogP contribution in [0.1, 0.15) is 55.2 Å². The summed E-state index contributed by atoms with van der Waals surface area (Å²) in [5, 5.41) is 23.4. The summed E-state index contributed by atoms with van der Waals surface area (Å²) in [5.74, 6) is 1.56. The average molecular weight is 489 g/mol. The van der Waals surface area contributed by atoms with E-state index < -0.39 is 11.0 Å². The van der Waals surface area contributed by atoms with Gasteiger partial charge in [-0.1, -0.05) is 36.4 Å². The van der Waals surface area contributed by atoms with E-state index >= 15 is 0 Å². The molecule has 36 heavy (non-hydrogen) atoms. The number of benzene rings is 2. The van der Waals surface area contributed by atoms with E-state index in [1.54, 1.807) is 6.07 Å². The minimum Gasteiger partial charge on any atom is -0.504 e. The second kappa shape index (κ2) is 7.96. The number of likely N-dealkylation sites (N-methyl/N-ethyl adjacent to an activating group) is 1. The van der Waals surface area contributed by atoms with Crippen molar-refractivity contribution in [2.75, 3.05) is 20.1 Å². The van der Waals surface area contributed by atoms with E-state index in [1.165, 1.54) is 18.4 Å². The smallest absolute Gasteiger partial charge is 0.223 e. The lowest BCUT2D eigenvalue weighted by Gasteiger charge is -2.64. The number of ether oxygens (including phenoxy) is 1. The first kappa shape index (κ1) is 22.6. The maximum Gasteiger partial charge on any atom is 0.223 e. The Labute approximate surface area is 212 Å². The molecule has 190 valence electrons. The Morgan fingerprint density at radius 2 is 1.94 bits per heavy atom. The molecule has 5 aliphatic rings. The van der Waals surface area contributed by atoms with Crippen LogP contribution in [0.3, 0.4) is 0 Å². The van der Waals surface area contributed by atoms with Gasteiger partial charge in [0.2, 0.25) is 5.91 Å². The molecule has 2 aromatic rings. The Morgan fingerprint density at radius 3 is 2.72 bits per heavy atom. The molecular weight excluding hydrogens is 452 g/mol. The maximum atomic E-state index is 13.4.